The molecule has 0 rings (SSSR count). The number of amides is 1. The van der Waals surface area contributed by atoms with E-state index in [1.165, 1.54) is 95.3 Å². The Bertz CT molecular complexity index is 467. The van der Waals surface area contributed by atoms with Gasteiger partial charge in [-0.2, -0.15) is 0 Å². The molecule has 0 fully saturated rings. The number of carbonyl (C=O) groups is 2. The zero-order valence-electron chi connectivity index (χ0n) is 21.6. The average molecular weight is 457 g/mol. The molecule has 0 aromatic heterocycles. The summed E-state index contributed by atoms with van der Waals surface area (Å²) in [5.74, 6) is -0.613. The Hall–Kier alpha value is -1.14. The number of hydrogen-bond acceptors (Lipinski definition) is 5. The number of rotatable bonds is 22. The molecule has 0 aliphatic carbocycles. The Kier molecular flexibility index (Phi) is 19.7. The highest BCUT2D eigenvalue weighted by Gasteiger charge is 2.34. The highest BCUT2D eigenvalue weighted by molar-refractivity contribution is 5.78. The second kappa shape index (κ2) is 20.5. The van der Waals surface area contributed by atoms with E-state index in [9.17, 15) is 14.7 Å². The van der Waals surface area contributed by atoms with Gasteiger partial charge in [-0.15, -0.1) is 0 Å². The van der Waals surface area contributed by atoms with Gasteiger partial charge in [0.1, 0.15) is 0 Å². The number of aliphatic hydroxyl groups is 1. The van der Waals surface area contributed by atoms with Crippen molar-refractivity contribution in [1.29, 1.82) is 0 Å². The lowest BCUT2D eigenvalue weighted by molar-refractivity contribution is -0.180. The van der Waals surface area contributed by atoms with E-state index in [4.69, 9.17) is 4.74 Å². The summed E-state index contributed by atoms with van der Waals surface area (Å²) < 4.78 is 5.06. The summed E-state index contributed by atoms with van der Waals surface area (Å²) in [6, 6.07) is 0. The van der Waals surface area contributed by atoms with Crippen molar-refractivity contribution in [3.05, 3.63) is 0 Å². The van der Waals surface area contributed by atoms with Crippen molar-refractivity contribution >= 4 is 11.9 Å². The van der Waals surface area contributed by atoms with E-state index in [2.05, 4.69) is 12.2 Å². The Balaban J connectivity index is 3.36. The molecule has 1 amide bonds. The summed E-state index contributed by atoms with van der Waals surface area (Å²) in [5, 5.41) is 12.8. The first kappa shape index (κ1) is 30.9. The van der Waals surface area contributed by atoms with Crippen LogP contribution >= 0.6 is 0 Å². The maximum Gasteiger partial charge on any atom is 0.353 e. The Labute approximate surface area is 197 Å². The molecule has 0 spiro atoms. The van der Waals surface area contributed by atoms with Gasteiger partial charge >= 0.3 is 5.97 Å². The minimum atomic E-state index is -1.63. The van der Waals surface area contributed by atoms with E-state index in [1.54, 1.807) is 14.1 Å². The molecule has 32 heavy (non-hydrogen) atoms. The fourth-order valence-corrected chi connectivity index (χ4v) is 3.53. The van der Waals surface area contributed by atoms with Crippen LogP contribution in [-0.2, 0) is 14.3 Å². The zero-order valence-corrected chi connectivity index (χ0v) is 21.6. The predicted octanol–water partition coefficient (Wildman–Crippen LogP) is 5.57. The van der Waals surface area contributed by atoms with Crippen LogP contribution < -0.4 is 5.32 Å². The molecular formula is C26H52N2O4. The van der Waals surface area contributed by atoms with Crippen LogP contribution in [0.4, 0.5) is 0 Å². The molecule has 6 nitrogen and oxygen atoms in total. The minimum Gasteiger partial charge on any atom is -0.462 e. The van der Waals surface area contributed by atoms with Crippen LogP contribution in [-0.4, -0.2) is 54.9 Å². The van der Waals surface area contributed by atoms with Crippen LogP contribution in [0, 0.1) is 0 Å². The Morgan fingerprint density at radius 3 is 1.66 bits per heavy atom. The quantitative estimate of drug-likeness (QED) is 0.126. The smallest absolute Gasteiger partial charge is 0.353 e. The van der Waals surface area contributed by atoms with Gasteiger partial charge in [0.25, 0.3) is 0 Å². The number of ether oxygens (including phenoxy) is 1. The van der Waals surface area contributed by atoms with Crippen LogP contribution in [0.2, 0.25) is 0 Å². The fraction of sp³-hybridized carbons (Fsp3) is 0.923. The van der Waals surface area contributed by atoms with Crippen molar-refractivity contribution in [2.45, 2.75) is 129 Å². The van der Waals surface area contributed by atoms with E-state index in [-0.39, 0.29) is 12.5 Å². The second-order valence-electron chi connectivity index (χ2n) is 9.45. The largest absolute Gasteiger partial charge is 0.462 e. The molecule has 190 valence electrons. The summed E-state index contributed by atoms with van der Waals surface area (Å²) >= 11 is 0. The van der Waals surface area contributed by atoms with Gasteiger partial charge in [-0.25, -0.2) is 4.79 Å². The topological polar surface area (TPSA) is 78.9 Å². The third-order valence-corrected chi connectivity index (χ3v) is 6.14. The van der Waals surface area contributed by atoms with Crippen LogP contribution in [0.1, 0.15) is 123 Å². The predicted molar refractivity (Wildman–Crippen MR) is 132 cm³/mol. The zero-order chi connectivity index (χ0) is 24.1. The van der Waals surface area contributed by atoms with Crippen molar-refractivity contribution < 1.29 is 19.4 Å². The normalized spacial score (nSPS) is 13.2. The molecule has 1 unspecified atom stereocenters. The molecule has 6 heteroatoms. The molecule has 0 radical (unpaired) electrons. The Morgan fingerprint density at radius 2 is 1.22 bits per heavy atom. The van der Waals surface area contributed by atoms with E-state index in [1.807, 2.05) is 0 Å². The third kappa shape index (κ3) is 17.4. The van der Waals surface area contributed by atoms with Gasteiger partial charge in [-0.05, 0) is 33.9 Å². The lowest BCUT2D eigenvalue weighted by atomic mass is 10.0. The first-order chi connectivity index (χ1) is 15.3. The first-order valence-corrected chi connectivity index (χ1v) is 13.2. The number of nitrogens with one attached hydrogen (secondary N) is 1. The number of unbranched alkanes of at least 4 members (excludes halogenated alkanes) is 14. The lowest BCUT2D eigenvalue weighted by Gasteiger charge is -2.27. The van der Waals surface area contributed by atoms with Gasteiger partial charge in [0.15, 0.2) is 0 Å². The molecule has 2 N–H and O–H groups in total. The SMILES string of the molecule is CCCCCCCCCCCCCCCCCC(=O)NCCCOC(=O)C(C)(O)N(C)C. The summed E-state index contributed by atoms with van der Waals surface area (Å²) in [5.41, 5.74) is -1.63. The van der Waals surface area contributed by atoms with Gasteiger partial charge in [-0.3, -0.25) is 9.69 Å². The van der Waals surface area contributed by atoms with Crippen LogP contribution in [0.25, 0.3) is 0 Å². The van der Waals surface area contributed by atoms with E-state index >= 15 is 0 Å². The van der Waals surface area contributed by atoms with Gasteiger partial charge in [0.05, 0.1) is 6.61 Å². The van der Waals surface area contributed by atoms with Gasteiger partial charge < -0.3 is 15.2 Å². The highest BCUT2D eigenvalue weighted by Crippen LogP contribution is 2.13. The maximum atomic E-state index is 11.9. The summed E-state index contributed by atoms with van der Waals surface area (Å²) in [4.78, 5) is 25.0. The molecule has 0 aromatic carbocycles. The number of carbonyl (C=O) groups excluding carboxylic acids is 2. The van der Waals surface area contributed by atoms with Crippen LogP contribution in [0.3, 0.4) is 0 Å². The fourth-order valence-electron chi connectivity index (χ4n) is 3.53. The summed E-state index contributed by atoms with van der Waals surface area (Å²) in [7, 11) is 3.22. The molecule has 0 aromatic rings. The van der Waals surface area contributed by atoms with Crippen LogP contribution in [0.5, 0.6) is 0 Å². The van der Waals surface area contributed by atoms with Crippen molar-refractivity contribution in [2.75, 3.05) is 27.2 Å². The van der Waals surface area contributed by atoms with Crippen LogP contribution in [0.15, 0.2) is 0 Å². The van der Waals surface area contributed by atoms with Crippen molar-refractivity contribution in [1.82, 2.24) is 10.2 Å². The number of hydrogen-bond donors (Lipinski definition) is 2. The number of esters is 1. The molecule has 0 bridgehead atoms. The van der Waals surface area contributed by atoms with E-state index < -0.39 is 11.7 Å². The Morgan fingerprint density at radius 1 is 0.781 bits per heavy atom. The molecule has 0 heterocycles. The van der Waals surface area contributed by atoms with Gasteiger partial charge in [0, 0.05) is 13.0 Å². The van der Waals surface area contributed by atoms with E-state index in [0.29, 0.717) is 19.4 Å². The van der Waals surface area contributed by atoms with Crippen molar-refractivity contribution in [3.8, 4) is 0 Å². The molecule has 1 atom stereocenters. The van der Waals surface area contributed by atoms with E-state index in [0.717, 1.165) is 12.8 Å². The number of likely N-dealkylation sites (N-methyl/N-ethyl adjacent to an activating group) is 1. The monoisotopic (exact) mass is 456 g/mol. The third-order valence-electron chi connectivity index (χ3n) is 6.14. The molecular weight excluding hydrogens is 404 g/mol. The maximum absolute atomic E-state index is 11.9. The second-order valence-corrected chi connectivity index (χ2v) is 9.45. The lowest BCUT2D eigenvalue weighted by Crippen LogP contribution is -2.49. The average Bonchev–Trinajstić information content (AvgIpc) is 2.75. The highest BCUT2D eigenvalue weighted by atomic mass is 16.6. The van der Waals surface area contributed by atoms with Gasteiger partial charge in [-0.1, -0.05) is 96.8 Å². The number of nitrogens with zero attached hydrogens (tertiary/aromatic N) is 1. The molecule has 0 aliphatic rings. The van der Waals surface area contributed by atoms with Crippen molar-refractivity contribution in [3.63, 3.8) is 0 Å². The standard InChI is InChI=1S/C26H52N2O4/c1-5-6-7-8-9-10-11-12-13-14-15-16-17-18-19-21-24(29)27-22-20-23-32-25(30)26(2,31)28(3)4/h31H,5-23H2,1-4H3,(H,27,29). The van der Waals surface area contributed by atoms with Crippen molar-refractivity contribution in [2.24, 2.45) is 0 Å². The minimum absolute atomic E-state index is 0.0614. The summed E-state index contributed by atoms with van der Waals surface area (Å²) in [6.07, 6.45) is 20.9. The summed E-state index contributed by atoms with van der Waals surface area (Å²) in [6.45, 7) is 4.33. The molecule has 0 saturated heterocycles. The molecule has 0 saturated carbocycles. The molecule has 0 aliphatic heterocycles. The van der Waals surface area contributed by atoms with Gasteiger partial charge in [0.2, 0.25) is 11.6 Å². The first-order valence-electron chi connectivity index (χ1n) is 13.2.